The molecule has 41 heavy (non-hydrogen) atoms. The Balaban J connectivity index is 1.55. The minimum Gasteiger partial charge on any atom is -0.497 e. The maximum Gasteiger partial charge on any atom is 0.229 e. The second-order valence-electron chi connectivity index (χ2n) is 9.02. The van der Waals surface area contributed by atoms with Gasteiger partial charge in [-0.2, -0.15) is 0 Å². The quantitative estimate of drug-likeness (QED) is 0.206. The highest BCUT2D eigenvalue weighted by molar-refractivity contribution is 5.86. The van der Waals surface area contributed by atoms with Crippen LogP contribution in [0.1, 0.15) is 0 Å². The van der Waals surface area contributed by atoms with Crippen molar-refractivity contribution in [2.24, 2.45) is 0 Å². The molecule has 2 aromatic carbocycles. The summed E-state index contributed by atoms with van der Waals surface area (Å²) in [7, 11) is 6.43. The summed E-state index contributed by atoms with van der Waals surface area (Å²) in [6, 6.07) is 26.4. The van der Waals surface area contributed by atoms with E-state index in [0.717, 1.165) is 33.8 Å². The van der Waals surface area contributed by atoms with Gasteiger partial charge in [0.05, 0.1) is 50.5 Å². The third kappa shape index (κ3) is 5.12. The topological polar surface area (TPSA) is 97.7 Å². The molecule has 0 amide bonds. The normalized spacial score (nSPS) is 10.9. The van der Waals surface area contributed by atoms with Crippen molar-refractivity contribution in [3.05, 3.63) is 84.9 Å². The molecule has 6 rings (SSSR count). The molecule has 0 saturated carbocycles. The van der Waals surface area contributed by atoms with Crippen LogP contribution in [0.25, 0.3) is 44.3 Å². The Morgan fingerprint density at radius 3 is 1.20 bits per heavy atom. The molecule has 0 saturated heterocycles. The molecule has 0 aliphatic carbocycles. The van der Waals surface area contributed by atoms with Gasteiger partial charge in [0.15, 0.2) is 0 Å². The average molecular weight is 547 g/mol. The minimum absolute atomic E-state index is 0.373. The van der Waals surface area contributed by atoms with Crippen LogP contribution in [0.3, 0.4) is 0 Å². The Bertz CT molecular complexity index is 1720. The van der Waals surface area contributed by atoms with Gasteiger partial charge in [-0.15, -0.1) is 0 Å². The number of benzene rings is 2. The second kappa shape index (κ2) is 11.0. The van der Waals surface area contributed by atoms with Crippen molar-refractivity contribution in [1.29, 1.82) is 0 Å². The van der Waals surface area contributed by atoms with E-state index in [1.165, 1.54) is 0 Å². The maximum atomic E-state index is 6.59. The largest absolute Gasteiger partial charge is 0.497 e. The number of nitrogens with zero attached hydrogens (tertiary/aromatic N) is 4. The lowest BCUT2D eigenvalue weighted by molar-refractivity contribution is 0.399. The smallest absolute Gasteiger partial charge is 0.229 e. The van der Waals surface area contributed by atoms with Crippen molar-refractivity contribution in [3.63, 3.8) is 0 Å². The van der Waals surface area contributed by atoms with Crippen molar-refractivity contribution in [2.45, 2.75) is 0 Å². The second-order valence-corrected chi connectivity index (χ2v) is 9.02. The van der Waals surface area contributed by atoms with E-state index in [9.17, 15) is 0 Å². The van der Waals surface area contributed by atoms with Crippen LogP contribution in [0.4, 0.5) is 0 Å². The highest BCUT2D eigenvalue weighted by Gasteiger charge is 2.18. The van der Waals surface area contributed by atoms with Crippen molar-refractivity contribution in [2.75, 3.05) is 28.4 Å². The van der Waals surface area contributed by atoms with E-state index in [1.807, 2.05) is 72.8 Å². The van der Waals surface area contributed by atoms with Gasteiger partial charge in [-0.3, -0.25) is 0 Å². The highest BCUT2D eigenvalue weighted by Crippen LogP contribution is 2.39. The number of pyridine rings is 4. The van der Waals surface area contributed by atoms with Gasteiger partial charge >= 0.3 is 0 Å². The summed E-state index contributed by atoms with van der Waals surface area (Å²) >= 11 is 0. The summed E-state index contributed by atoms with van der Waals surface area (Å²) in [5, 5.41) is 0. The third-order valence-electron chi connectivity index (χ3n) is 6.63. The van der Waals surface area contributed by atoms with Crippen molar-refractivity contribution >= 4 is 22.1 Å². The molecule has 0 spiro atoms. The predicted molar refractivity (Wildman–Crippen MR) is 156 cm³/mol. The van der Waals surface area contributed by atoms with Crippen molar-refractivity contribution in [1.82, 2.24) is 19.9 Å². The molecule has 4 heterocycles. The molecule has 6 aromatic rings. The van der Waals surface area contributed by atoms with E-state index in [1.54, 1.807) is 40.6 Å². The molecule has 0 bridgehead atoms. The fourth-order valence-corrected chi connectivity index (χ4v) is 4.46. The summed E-state index contributed by atoms with van der Waals surface area (Å²) < 4.78 is 28.0. The zero-order chi connectivity index (χ0) is 28.3. The van der Waals surface area contributed by atoms with Gasteiger partial charge in [0.25, 0.3) is 0 Å². The minimum atomic E-state index is 0.373. The van der Waals surface area contributed by atoms with Gasteiger partial charge in [0.1, 0.15) is 11.5 Å². The number of hydrogen-bond donors (Lipinski definition) is 0. The molecule has 4 aromatic heterocycles. The fraction of sp³-hybridized carbons (Fsp3) is 0.125. The van der Waals surface area contributed by atoms with Gasteiger partial charge in [-0.05, 0) is 59.7 Å². The molecule has 9 nitrogen and oxygen atoms in total. The van der Waals surface area contributed by atoms with Gasteiger partial charge in [-0.1, -0.05) is 24.3 Å². The van der Waals surface area contributed by atoms with Gasteiger partial charge in [0, 0.05) is 23.3 Å². The Labute approximate surface area is 236 Å². The summed E-state index contributed by atoms with van der Waals surface area (Å²) in [5.74, 6) is 3.22. The lowest BCUT2D eigenvalue weighted by atomic mass is 10.1. The van der Waals surface area contributed by atoms with Gasteiger partial charge in [-0.25, -0.2) is 19.9 Å². The Morgan fingerprint density at radius 2 is 0.829 bits per heavy atom. The van der Waals surface area contributed by atoms with Crippen LogP contribution in [0.2, 0.25) is 0 Å². The van der Waals surface area contributed by atoms with Crippen LogP contribution in [0.15, 0.2) is 84.9 Å². The van der Waals surface area contributed by atoms with Gasteiger partial charge < -0.3 is 23.7 Å². The van der Waals surface area contributed by atoms with Crippen molar-refractivity contribution < 1.29 is 23.7 Å². The van der Waals surface area contributed by atoms with Crippen LogP contribution in [-0.2, 0) is 0 Å². The first kappa shape index (κ1) is 25.8. The Hall–Kier alpha value is -5.44. The molecule has 9 heteroatoms. The van der Waals surface area contributed by atoms with Crippen LogP contribution in [0.5, 0.6) is 35.0 Å². The van der Waals surface area contributed by atoms with E-state index in [-0.39, 0.29) is 0 Å². The first-order chi connectivity index (χ1) is 20.1. The number of fused-ring (bicyclic) bond motifs is 2. The van der Waals surface area contributed by atoms with E-state index in [0.29, 0.717) is 45.6 Å². The van der Waals surface area contributed by atoms with Crippen LogP contribution in [-0.4, -0.2) is 48.4 Å². The molecule has 0 aliphatic rings. The molecule has 0 unspecified atom stereocenters. The molecule has 0 N–H and O–H groups in total. The van der Waals surface area contributed by atoms with E-state index >= 15 is 0 Å². The van der Waals surface area contributed by atoms with Gasteiger partial charge in [0.2, 0.25) is 23.5 Å². The maximum absolute atomic E-state index is 6.59. The number of rotatable bonds is 8. The highest BCUT2D eigenvalue weighted by atomic mass is 16.5. The number of aromatic nitrogens is 4. The monoisotopic (exact) mass is 546 g/mol. The summed E-state index contributed by atoms with van der Waals surface area (Å²) in [6.45, 7) is 0. The SMILES string of the molecule is COc1ccc(-c2cc3nc(OC)ccc3nc2Oc2nc3ccc(OC)nc3cc2-c2ccc(OC)cc2)cc1. The predicted octanol–water partition coefficient (Wildman–Crippen LogP) is 6.73. The lowest BCUT2D eigenvalue weighted by Crippen LogP contribution is -1.99. The molecule has 0 fully saturated rings. The Morgan fingerprint density at radius 1 is 0.415 bits per heavy atom. The average Bonchev–Trinajstić information content (AvgIpc) is 3.03. The zero-order valence-corrected chi connectivity index (χ0v) is 22.9. The summed E-state index contributed by atoms with van der Waals surface area (Å²) in [4.78, 5) is 18.9. The fourth-order valence-electron chi connectivity index (χ4n) is 4.46. The standard InChI is InChI=1S/C32H26N4O5/c1-37-21-9-5-19(6-10-21)23-17-27-25(13-15-29(33-27)39-3)35-31(23)41-32-24(20-7-11-22(38-2)12-8-20)18-28-26(36-32)14-16-30(34-28)40-4/h5-18H,1-4H3. The first-order valence-corrected chi connectivity index (χ1v) is 12.8. The molecule has 0 atom stereocenters. The molecule has 204 valence electrons. The summed E-state index contributed by atoms with van der Waals surface area (Å²) in [5.41, 5.74) is 5.84. The number of methoxy groups -OCH3 is 4. The van der Waals surface area contributed by atoms with Crippen LogP contribution < -0.4 is 23.7 Å². The third-order valence-corrected chi connectivity index (χ3v) is 6.63. The number of hydrogen-bond acceptors (Lipinski definition) is 9. The zero-order valence-electron chi connectivity index (χ0n) is 22.9. The van der Waals surface area contributed by atoms with Crippen LogP contribution in [0, 0.1) is 0 Å². The van der Waals surface area contributed by atoms with Crippen molar-refractivity contribution in [3.8, 4) is 57.3 Å². The van der Waals surface area contributed by atoms with Crippen LogP contribution >= 0.6 is 0 Å². The summed E-state index contributed by atoms with van der Waals surface area (Å²) in [6.07, 6.45) is 0. The lowest BCUT2D eigenvalue weighted by Gasteiger charge is -2.15. The Kier molecular flexibility index (Phi) is 6.91. The molecule has 0 radical (unpaired) electrons. The molecular formula is C32H26N4O5. The molecular weight excluding hydrogens is 520 g/mol. The first-order valence-electron chi connectivity index (χ1n) is 12.8. The van der Waals surface area contributed by atoms with E-state index < -0.39 is 0 Å². The number of ether oxygens (including phenoxy) is 5. The molecule has 0 aliphatic heterocycles. The van der Waals surface area contributed by atoms with E-state index in [4.69, 9.17) is 33.7 Å². The van der Waals surface area contributed by atoms with E-state index in [2.05, 4.69) is 9.97 Å².